The van der Waals surface area contributed by atoms with E-state index < -0.39 is 6.09 Å². The summed E-state index contributed by atoms with van der Waals surface area (Å²) in [6.45, 7) is 4.27. The third-order valence-electron chi connectivity index (χ3n) is 1.93. The van der Waals surface area contributed by atoms with Gasteiger partial charge in [0.25, 0.3) is 0 Å². The number of nitrogens with zero attached hydrogens (tertiary/aromatic N) is 1. The number of nitrogens with one attached hydrogen (secondary N) is 1. The summed E-state index contributed by atoms with van der Waals surface area (Å²) in [4.78, 5) is 11.4. The number of carbonyl (C=O) groups is 1. The van der Waals surface area contributed by atoms with Crippen molar-refractivity contribution in [2.24, 2.45) is 5.92 Å². The first-order valence-electron chi connectivity index (χ1n) is 5.65. The van der Waals surface area contributed by atoms with Crippen molar-refractivity contribution < 1.29 is 14.3 Å². The van der Waals surface area contributed by atoms with Gasteiger partial charge in [-0.05, 0) is 18.1 Å². The van der Waals surface area contributed by atoms with Crippen LogP contribution in [0.2, 0.25) is 0 Å². The molecule has 0 atom stereocenters. The van der Waals surface area contributed by atoms with Crippen LogP contribution in [0, 0.1) is 17.2 Å². The molecule has 0 aliphatic carbocycles. The van der Waals surface area contributed by atoms with Crippen molar-refractivity contribution in [2.45, 2.75) is 13.8 Å². The smallest absolute Gasteiger partial charge is 0.411 e. The van der Waals surface area contributed by atoms with Crippen LogP contribution in [0.25, 0.3) is 0 Å². The van der Waals surface area contributed by atoms with Gasteiger partial charge in [0.2, 0.25) is 0 Å². The van der Waals surface area contributed by atoms with Crippen LogP contribution in [-0.4, -0.2) is 19.3 Å². The summed E-state index contributed by atoms with van der Waals surface area (Å²) in [6.07, 6.45) is -0.499. The number of benzene rings is 1. The fourth-order valence-corrected chi connectivity index (χ4v) is 1.18. The van der Waals surface area contributed by atoms with Crippen molar-refractivity contribution in [3.63, 3.8) is 0 Å². The van der Waals surface area contributed by atoms with E-state index in [0.29, 0.717) is 24.0 Å². The topological polar surface area (TPSA) is 71.3 Å². The molecule has 1 rings (SSSR count). The molecule has 0 aliphatic heterocycles. The Labute approximate surface area is 106 Å². The number of hydrogen-bond donors (Lipinski definition) is 1. The van der Waals surface area contributed by atoms with Gasteiger partial charge in [-0.25, -0.2) is 4.79 Å². The van der Waals surface area contributed by atoms with Crippen LogP contribution in [0.4, 0.5) is 10.5 Å². The van der Waals surface area contributed by atoms with E-state index in [2.05, 4.69) is 5.32 Å². The highest BCUT2D eigenvalue weighted by Crippen LogP contribution is 2.17. The van der Waals surface area contributed by atoms with Crippen molar-refractivity contribution >= 4 is 11.8 Å². The first kappa shape index (κ1) is 13.8. The molecule has 0 spiro atoms. The zero-order valence-corrected chi connectivity index (χ0v) is 10.5. The lowest BCUT2D eigenvalue weighted by molar-refractivity contribution is 0.147. The second-order valence-corrected chi connectivity index (χ2v) is 4.09. The van der Waals surface area contributed by atoms with Gasteiger partial charge in [-0.2, -0.15) is 5.26 Å². The molecule has 1 aromatic rings. The van der Waals surface area contributed by atoms with E-state index in [4.69, 9.17) is 14.7 Å². The maximum absolute atomic E-state index is 11.4. The zero-order valence-electron chi connectivity index (χ0n) is 10.5. The Morgan fingerprint density at radius 1 is 1.50 bits per heavy atom. The van der Waals surface area contributed by atoms with Gasteiger partial charge in [-0.3, -0.25) is 5.32 Å². The highest BCUT2D eigenvalue weighted by Gasteiger charge is 2.05. The molecule has 1 aromatic carbocycles. The molecular formula is C13H16N2O3. The summed E-state index contributed by atoms with van der Waals surface area (Å²) in [6, 6.07) is 8.66. The second kappa shape index (κ2) is 7.17. The van der Waals surface area contributed by atoms with Gasteiger partial charge in [0.1, 0.15) is 11.8 Å². The van der Waals surface area contributed by atoms with Gasteiger partial charge in [0.15, 0.2) is 6.61 Å². The molecule has 0 fully saturated rings. The summed E-state index contributed by atoms with van der Waals surface area (Å²) in [5, 5.41) is 11.0. The van der Waals surface area contributed by atoms with Gasteiger partial charge in [-0.15, -0.1) is 0 Å². The Hall–Kier alpha value is -2.22. The van der Waals surface area contributed by atoms with Gasteiger partial charge < -0.3 is 9.47 Å². The Morgan fingerprint density at radius 2 is 2.28 bits per heavy atom. The van der Waals surface area contributed by atoms with Crippen LogP contribution in [0.3, 0.4) is 0 Å². The molecule has 5 heteroatoms. The molecule has 0 unspecified atom stereocenters. The van der Waals surface area contributed by atoms with E-state index in [9.17, 15) is 4.79 Å². The van der Waals surface area contributed by atoms with E-state index in [1.54, 1.807) is 24.3 Å². The summed E-state index contributed by atoms with van der Waals surface area (Å²) in [7, 11) is 0. The molecule has 18 heavy (non-hydrogen) atoms. The van der Waals surface area contributed by atoms with E-state index in [-0.39, 0.29) is 6.61 Å². The van der Waals surface area contributed by atoms with Gasteiger partial charge in [-0.1, -0.05) is 19.9 Å². The Kier molecular flexibility index (Phi) is 5.52. The summed E-state index contributed by atoms with van der Waals surface area (Å²) in [5.41, 5.74) is 0.569. The fraction of sp³-hybridized carbons (Fsp3) is 0.385. The first-order valence-corrected chi connectivity index (χ1v) is 5.65. The molecule has 0 heterocycles. The zero-order chi connectivity index (χ0) is 13.4. The highest BCUT2D eigenvalue weighted by molar-refractivity contribution is 5.84. The maximum Gasteiger partial charge on any atom is 0.411 e. The second-order valence-electron chi connectivity index (χ2n) is 4.09. The number of anilines is 1. The minimum Gasteiger partial charge on any atom is -0.479 e. The SMILES string of the molecule is CC(C)COC(=O)Nc1cccc(OCC#N)c1. The van der Waals surface area contributed by atoms with Crippen LogP contribution >= 0.6 is 0 Å². The van der Waals surface area contributed by atoms with Gasteiger partial charge in [0, 0.05) is 11.8 Å². The lowest BCUT2D eigenvalue weighted by Gasteiger charge is -2.09. The minimum absolute atomic E-state index is 0.0265. The molecule has 0 saturated heterocycles. The van der Waals surface area contributed by atoms with Crippen LogP contribution in [0.15, 0.2) is 24.3 Å². The lowest BCUT2D eigenvalue weighted by Crippen LogP contribution is -2.16. The molecule has 0 radical (unpaired) electrons. The third kappa shape index (κ3) is 5.21. The summed E-state index contributed by atoms with van der Waals surface area (Å²) in [5.74, 6) is 0.819. The normalized spacial score (nSPS) is 9.67. The van der Waals surface area contributed by atoms with Gasteiger partial charge >= 0.3 is 6.09 Å². The van der Waals surface area contributed by atoms with Crippen molar-refractivity contribution in [2.75, 3.05) is 18.5 Å². The average Bonchev–Trinajstić information content (AvgIpc) is 2.34. The average molecular weight is 248 g/mol. The third-order valence-corrected chi connectivity index (χ3v) is 1.93. The molecular weight excluding hydrogens is 232 g/mol. The van der Waals surface area contributed by atoms with Crippen LogP contribution < -0.4 is 10.1 Å². The molecule has 0 saturated carbocycles. The predicted octanol–water partition coefficient (Wildman–Crippen LogP) is 2.79. The van der Waals surface area contributed by atoms with Crippen molar-refractivity contribution in [1.82, 2.24) is 0 Å². The molecule has 1 amide bonds. The molecule has 96 valence electrons. The Balaban J connectivity index is 2.51. The molecule has 5 nitrogen and oxygen atoms in total. The summed E-state index contributed by atoms with van der Waals surface area (Å²) < 4.78 is 10.1. The van der Waals surface area contributed by atoms with E-state index in [1.807, 2.05) is 19.9 Å². The monoisotopic (exact) mass is 248 g/mol. The Bertz CT molecular complexity index is 438. The van der Waals surface area contributed by atoms with E-state index >= 15 is 0 Å². The predicted molar refractivity (Wildman–Crippen MR) is 67.4 cm³/mol. The van der Waals surface area contributed by atoms with E-state index in [1.165, 1.54) is 0 Å². The van der Waals surface area contributed by atoms with Crippen molar-refractivity contribution in [3.05, 3.63) is 24.3 Å². The van der Waals surface area contributed by atoms with Crippen molar-refractivity contribution in [3.8, 4) is 11.8 Å². The number of ether oxygens (including phenoxy) is 2. The summed E-state index contributed by atoms with van der Waals surface area (Å²) >= 11 is 0. The number of hydrogen-bond acceptors (Lipinski definition) is 4. The molecule has 0 aromatic heterocycles. The van der Waals surface area contributed by atoms with Crippen molar-refractivity contribution in [1.29, 1.82) is 5.26 Å². The van der Waals surface area contributed by atoms with Gasteiger partial charge in [0.05, 0.1) is 6.61 Å². The quantitative estimate of drug-likeness (QED) is 0.869. The minimum atomic E-state index is -0.499. The number of amides is 1. The number of carbonyl (C=O) groups excluding carboxylic acids is 1. The molecule has 0 bridgehead atoms. The van der Waals surface area contributed by atoms with E-state index in [0.717, 1.165) is 0 Å². The van der Waals surface area contributed by atoms with Crippen LogP contribution in [0.1, 0.15) is 13.8 Å². The maximum atomic E-state index is 11.4. The number of nitriles is 1. The molecule has 0 aliphatic rings. The number of rotatable bonds is 5. The van der Waals surface area contributed by atoms with Crippen LogP contribution in [0.5, 0.6) is 5.75 Å². The fourth-order valence-electron chi connectivity index (χ4n) is 1.18. The molecule has 1 N–H and O–H groups in total. The highest BCUT2D eigenvalue weighted by atomic mass is 16.5. The lowest BCUT2D eigenvalue weighted by atomic mass is 10.2. The first-order chi connectivity index (χ1) is 8.61. The standard InChI is InChI=1S/C13H16N2O3/c1-10(2)9-18-13(16)15-11-4-3-5-12(8-11)17-7-6-14/h3-5,8,10H,7,9H2,1-2H3,(H,15,16). The van der Waals surface area contributed by atoms with Crippen LogP contribution in [-0.2, 0) is 4.74 Å². The largest absolute Gasteiger partial charge is 0.479 e. The Morgan fingerprint density at radius 3 is 2.94 bits per heavy atom.